The van der Waals surface area contributed by atoms with Crippen LogP contribution in [0.2, 0.25) is 0 Å². The van der Waals surface area contributed by atoms with Gasteiger partial charge in [0.2, 0.25) is 0 Å². The zero-order valence-corrected chi connectivity index (χ0v) is 10.2. The minimum Gasteiger partial charge on any atom is -0.383 e. The van der Waals surface area contributed by atoms with E-state index in [1.165, 1.54) is 6.42 Å². The maximum Gasteiger partial charge on any atom is 0.0630 e. The molecule has 0 aromatic heterocycles. The van der Waals surface area contributed by atoms with E-state index in [1.807, 2.05) is 0 Å². The van der Waals surface area contributed by atoms with Gasteiger partial charge in [-0.05, 0) is 26.1 Å². The number of methoxy groups -OCH3 is 1. The summed E-state index contributed by atoms with van der Waals surface area (Å²) in [7, 11) is 1.77. The fourth-order valence-electron chi connectivity index (χ4n) is 1.67. The molecule has 3 nitrogen and oxygen atoms in total. The third-order valence-corrected chi connectivity index (χ3v) is 2.49. The summed E-state index contributed by atoms with van der Waals surface area (Å²) in [5.74, 6) is 0. The molecule has 0 heterocycles. The second-order valence-electron chi connectivity index (χ2n) is 3.53. The van der Waals surface area contributed by atoms with Gasteiger partial charge >= 0.3 is 0 Å². The highest BCUT2D eigenvalue weighted by molar-refractivity contribution is 4.71. The van der Waals surface area contributed by atoms with Gasteiger partial charge in [0.15, 0.2) is 0 Å². The van der Waals surface area contributed by atoms with Crippen LogP contribution in [0.4, 0.5) is 0 Å². The van der Waals surface area contributed by atoms with Crippen molar-refractivity contribution in [1.29, 1.82) is 0 Å². The molecule has 0 rings (SSSR count). The zero-order valence-electron chi connectivity index (χ0n) is 10.2. The van der Waals surface area contributed by atoms with Crippen molar-refractivity contribution < 1.29 is 4.74 Å². The summed E-state index contributed by atoms with van der Waals surface area (Å²) in [5.41, 5.74) is 0. The highest BCUT2D eigenvalue weighted by Gasteiger charge is 2.14. The quantitative estimate of drug-likeness (QED) is 0.571. The van der Waals surface area contributed by atoms with Crippen LogP contribution in [0.1, 0.15) is 27.2 Å². The molecule has 3 heteroatoms. The van der Waals surface area contributed by atoms with Gasteiger partial charge < -0.3 is 10.1 Å². The summed E-state index contributed by atoms with van der Waals surface area (Å²) < 4.78 is 5.24. The Morgan fingerprint density at radius 3 is 2.29 bits per heavy atom. The molecule has 0 aromatic rings. The lowest BCUT2D eigenvalue weighted by Crippen LogP contribution is -2.45. The van der Waals surface area contributed by atoms with Crippen molar-refractivity contribution in [1.82, 2.24) is 10.2 Å². The number of rotatable bonds is 9. The van der Waals surface area contributed by atoms with E-state index < -0.39 is 0 Å². The van der Waals surface area contributed by atoms with Crippen LogP contribution in [-0.2, 0) is 4.74 Å². The van der Waals surface area contributed by atoms with Gasteiger partial charge in [-0.25, -0.2) is 0 Å². The summed E-state index contributed by atoms with van der Waals surface area (Å²) in [6.07, 6.45) is 1.19. The second-order valence-corrected chi connectivity index (χ2v) is 3.53. The molecule has 0 bridgehead atoms. The van der Waals surface area contributed by atoms with Gasteiger partial charge in [-0.15, -0.1) is 0 Å². The molecule has 1 N–H and O–H groups in total. The van der Waals surface area contributed by atoms with Gasteiger partial charge in [0.25, 0.3) is 0 Å². The van der Waals surface area contributed by atoms with E-state index >= 15 is 0 Å². The Balaban J connectivity index is 3.85. The van der Waals surface area contributed by atoms with Crippen molar-refractivity contribution in [2.24, 2.45) is 0 Å². The van der Waals surface area contributed by atoms with Crippen molar-refractivity contribution in [3.8, 4) is 0 Å². The van der Waals surface area contributed by atoms with Crippen LogP contribution in [0.5, 0.6) is 0 Å². The minimum atomic E-state index is 0.515. The van der Waals surface area contributed by atoms with E-state index in [0.717, 1.165) is 32.8 Å². The minimum absolute atomic E-state index is 0.515. The van der Waals surface area contributed by atoms with Crippen molar-refractivity contribution in [3.05, 3.63) is 0 Å². The van der Waals surface area contributed by atoms with E-state index in [9.17, 15) is 0 Å². The van der Waals surface area contributed by atoms with Crippen LogP contribution in [-0.4, -0.2) is 50.8 Å². The van der Waals surface area contributed by atoms with Crippen LogP contribution in [0, 0.1) is 0 Å². The van der Waals surface area contributed by atoms with Crippen LogP contribution in [0.3, 0.4) is 0 Å². The predicted octanol–water partition coefficient (Wildman–Crippen LogP) is 1.34. The first-order chi connectivity index (χ1) is 6.79. The van der Waals surface area contributed by atoms with E-state index in [1.54, 1.807) is 7.11 Å². The molecule has 0 saturated heterocycles. The topological polar surface area (TPSA) is 24.5 Å². The zero-order chi connectivity index (χ0) is 10.8. The fourth-order valence-corrected chi connectivity index (χ4v) is 1.67. The highest BCUT2D eigenvalue weighted by Crippen LogP contribution is 1.98. The van der Waals surface area contributed by atoms with E-state index in [4.69, 9.17) is 4.74 Å². The molecule has 86 valence electrons. The number of hydrogen-bond acceptors (Lipinski definition) is 3. The Hall–Kier alpha value is -0.120. The van der Waals surface area contributed by atoms with E-state index in [0.29, 0.717) is 6.04 Å². The SMILES string of the molecule is CCCNCC(COC)N(CC)CC. The molecule has 0 radical (unpaired) electrons. The summed E-state index contributed by atoms with van der Waals surface area (Å²) in [5, 5.41) is 3.45. The molecule has 0 amide bonds. The normalized spacial score (nSPS) is 13.5. The van der Waals surface area contributed by atoms with Crippen LogP contribution in [0.25, 0.3) is 0 Å². The largest absolute Gasteiger partial charge is 0.383 e. The third kappa shape index (κ3) is 5.58. The molecule has 14 heavy (non-hydrogen) atoms. The molecule has 0 aliphatic rings. The lowest BCUT2D eigenvalue weighted by atomic mass is 10.2. The Kier molecular flexibility index (Phi) is 9.35. The van der Waals surface area contributed by atoms with Gasteiger partial charge in [0.05, 0.1) is 6.61 Å². The molecular formula is C11H26N2O. The van der Waals surface area contributed by atoms with E-state index in [-0.39, 0.29) is 0 Å². The number of ether oxygens (including phenoxy) is 1. The molecule has 0 aromatic carbocycles. The smallest absolute Gasteiger partial charge is 0.0630 e. The maximum atomic E-state index is 5.24. The Labute approximate surface area is 88.8 Å². The average Bonchev–Trinajstić information content (AvgIpc) is 2.20. The molecule has 0 saturated carbocycles. The second kappa shape index (κ2) is 9.44. The Bertz CT molecular complexity index is 116. The third-order valence-electron chi connectivity index (χ3n) is 2.49. The summed E-state index contributed by atoms with van der Waals surface area (Å²) in [6, 6.07) is 0.515. The summed E-state index contributed by atoms with van der Waals surface area (Å²) in [6.45, 7) is 11.7. The lowest BCUT2D eigenvalue weighted by molar-refractivity contribution is 0.0959. The van der Waals surface area contributed by atoms with Crippen LogP contribution in [0.15, 0.2) is 0 Å². The van der Waals surface area contributed by atoms with Gasteiger partial charge in [0, 0.05) is 19.7 Å². The molecule has 0 fully saturated rings. The lowest BCUT2D eigenvalue weighted by Gasteiger charge is -2.29. The maximum absolute atomic E-state index is 5.24. The van der Waals surface area contributed by atoms with E-state index in [2.05, 4.69) is 31.0 Å². The number of nitrogens with zero attached hydrogens (tertiary/aromatic N) is 1. The number of nitrogens with one attached hydrogen (secondary N) is 1. The number of likely N-dealkylation sites (N-methyl/N-ethyl adjacent to an activating group) is 1. The van der Waals surface area contributed by atoms with Crippen molar-refractivity contribution in [2.75, 3.05) is 39.9 Å². The van der Waals surface area contributed by atoms with Gasteiger partial charge in [-0.1, -0.05) is 20.8 Å². The average molecular weight is 202 g/mol. The van der Waals surface area contributed by atoms with Gasteiger partial charge in [-0.2, -0.15) is 0 Å². The first-order valence-corrected chi connectivity index (χ1v) is 5.73. The summed E-state index contributed by atoms with van der Waals surface area (Å²) >= 11 is 0. The molecule has 1 unspecified atom stereocenters. The van der Waals surface area contributed by atoms with Gasteiger partial charge in [0.1, 0.15) is 0 Å². The monoisotopic (exact) mass is 202 g/mol. The number of hydrogen-bond donors (Lipinski definition) is 1. The standard InChI is InChI=1S/C11H26N2O/c1-5-8-12-9-11(10-14-4)13(6-2)7-3/h11-12H,5-10H2,1-4H3. The fraction of sp³-hybridized carbons (Fsp3) is 1.00. The predicted molar refractivity (Wildman–Crippen MR) is 61.7 cm³/mol. The highest BCUT2D eigenvalue weighted by atomic mass is 16.5. The molecule has 1 atom stereocenters. The first kappa shape index (κ1) is 13.9. The Morgan fingerprint density at radius 1 is 1.21 bits per heavy atom. The van der Waals surface area contributed by atoms with Crippen LogP contribution < -0.4 is 5.32 Å². The van der Waals surface area contributed by atoms with Crippen molar-refractivity contribution >= 4 is 0 Å². The molecular weight excluding hydrogens is 176 g/mol. The molecule has 0 aliphatic carbocycles. The molecule has 0 spiro atoms. The van der Waals surface area contributed by atoms with Crippen LogP contribution >= 0.6 is 0 Å². The Morgan fingerprint density at radius 2 is 1.86 bits per heavy atom. The first-order valence-electron chi connectivity index (χ1n) is 5.73. The van der Waals surface area contributed by atoms with Gasteiger partial charge in [-0.3, -0.25) is 4.90 Å². The molecule has 0 aliphatic heterocycles. The van der Waals surface area contributed by atoms with Crippen molar-refractivity contribution in [3.63, 3.8) is 0 Å². The van der Waals surface area contributed by atoms with Crippen molar-refractivity contribution in [2.45, 2.75) is 33.2 Å². The summed E-state index contributed by atoms with van der Waals surface area (Å²) in [4.78, 5) is 2.44.